The number of halogens is 1. The Morgan fingerprint density at radius 2 is 2.17 bits per heavy atom. The number of hydrogen-bond donors (Lipinski definition) is 2. The molecule has 0 aliphatic rings. The predicted molar refractivity (Wildman–Crippen MR) is 94.9 cm³/mol. The molecule has 23 heavy (non-hydrogen) atoms. The summed E-state index contributed by atoms with van der Waals surface area (Å²) in [5.74, 6) is 5.91. The molecule has 0 bridgehead atoms. The minimum absolute atomic E-state index is 0.497. The fourth-order valence-electron chi connectivity index (χ4n) is 2.38. The molecule has 2 aromatic heterocycles. The van der Waals surface area contributed by atoms with Crippen LogP contribution in [0.1, 0.15) is 6.42 Å². The second-order valence-electron chi connectivity index (χ2n) is 5.22. The highest BCUT2D eigenvalue weighted by Gasteiger charge is 2.12. The van der Waals surface area contributed by atoms with Gasteiger partial charge in [-0.25, -0.2) is 10.9 Å². The molecule has 1 aromatic carbocycles. The van der Waals surface area contributed by atoms with Crippen LogP contribution in [0, 0.1) is 0 Å². The van der Waals surface area contributed by atoms with Crippen molar-refractivity contribution >= 4 is 36.4 Å². The van der Waals surface area contributed by atoms with Crippen LogP contribution in [0.4, 0.5) is 5.82 Å². The van der Waals surface area contributed by atoms with Crippen LogP contribution in [0.5, 0.6) is 0 Å². The Balaban J connectivity index is 2.02. The summed E-state index contributed by atoms with van der Waals surface area (Å²) in [5, 5.41) is 8.39. The fraction of sp³-hybridized carbons (Fsp3) is 0.200. The van der Waals surface area contributed by atoms with E-state index >= 15 is 0 Å². The maximum Gasteiger partial charge on any atom is 0.151 e. The molecule has 0 atom stereocenters. The van der Waals surface area contributed by atoms with Crippen molar-refractivity contribution in [3.63, 3.8) is 0 Å². The largest absolute Gasteiger partial charge is 0.370 e. The summed E-state index contributed by atoms with van der Waals surface area (Å²) in [6, 6.07) is 9.61. The number of benzene rings is 1. The van der Waals surface area contributed by atoms with Crippen molar-refractivity contribution in [2.45, 2.75) is 6.42 Å². The minimum atomic E-state index is 0.497. The first kappa shape index (κ1) is 15.8. The molecule has 0 fully saturated rings. The van der Waals surface area contributed by atoms with Crippen molar-refractivity contribution in [3.05, 3.63) is 41.6 Å². The molecular formula is C15H17BClN5O. The molecule has 3 aromatic rings. The molecule has 0 aliphatic carbocycles. The lowest BCUT2D eigenvalue weighted by molar-refractivity contribution is 0.137. The van der Waals surface area contributed by atoms with Gasteiger partial charge in [-0.05, 0) is 17.9 Å². The smallest absolute Gasteiger partial charge is 0.151 e. The van der Waals surface area contributed by atoms with E-state index in [-0.39, 0.29) is 0 Å². The van der Waals surface area contributed by atoms with E-state index in [4.69, 9.17) is 22.5 Å². The Morgan fingerprint density at radius 3 is 2.96 bits per heavy atom. The summed E-state index contributed by atoms with van der Waals surface area (Å²) >= 11 is 6.31. The molecule has 0 amide bonds. The molecule has 0 saturated carbocycles. The van der Waals surface area contributed by atoms with E-state index in [1.54, 1.807) is 10.7 Å². The summed E-state index contributed by atoms with van der Waals surface area (Å²) in [7, 11) is 1.98. The van der Waals surface area contributed by atoms with E-state index in [9.17, 15) is 0 Å². The maximum atomic E-state index is 6.31. The number of nitrogens with zero attached hydrogens (tertiary/aromatic N) is 3. The van der Waals surface area contributed by atoms with Gasteiger partial charge in [0, 0.05) is 29.4 Å². The second-order valence-corrected chi connectivity index (χ2v) is 5.63. The van der Waals surface area contributed by atoms with Crippen molar-refractivity contribution in [1.82, 2.24) is 14.6 Å². The molecule has 8 heteroatoms. The average Bonchev–Trinajstić information content (AvgIpc) is 2.93. The minimum Gasteiger partial charge on any atom is -0.370 e. The first-order valence-electron chi connectivity index (χ1n) is 7.36. The standard InChI is InChI=1S/C15H17BClN5O/c16-11-9-20-22-14(19-6-3-7-23-18)8-13(21-15(11)22)10-4-1-2-5-12(10)17/h1-2,4-5,8-9,19H,3,6-7,16,18H2. The van der Waals surface area contributed by atoms with Gasteiger partial charge < -0.3 is 10.2 Å². The molecular weight excluding hydrogens is 312 g/mol. The van der Waals surface area contributed by atoms with Crippen LogP contribution >= 0.6 is 11.6 Å². The summed E-state index contributed by atoms with van der Waals surface area (Å²) in [5.41, 5.74) is 3.52. The molecule has 2 heterocycles. The van der Waals surface area contributed by atoms with Crippen molar-refractivity contribution in [1.29, 1.82) is 0 Å². The highest BCUT2D eigenvalue weighted by Crippen LogP contribution is 2.28. The van der Waals surface area contributed by atoms with E-state index in [0.717, 1.165) is 41.2 Å². The first-order chi connectivity index (χ1) is 11.2. The van der Waals surface area contributed by atoms with Crippen LogP contribution in [0.25, 0.3) is 16.9 Å². The van der Waals surface area contributed by atoms with E-state index in [1.165, 1.54) is 0 Å². The van der Waals surface area contributed by atoms with Crippen LogP contribution in [-0.4, -0.2) is 35.6 Å². The number of nitrogens with one attached hydrogen (secondary N) is 1. The van der Waals surface area contributed by atoms with Crippen molar-refractivity contribution in [2.75, 3.05) is 18.5 Å². The highest BCUT2D eigenvalue weighted by atomic mass is 35.5. The van der Waals surface area contributed by atoms with E-state index < -0.39 is 0 Å². The normalized spacial score (nSPS) is 11.0. The van der Waals surface area contributed by atoms with Gasteiger partial charge in [0.1, 0.15) is 13.7 Å². The molecule has 0 unspecified atom stereocenters. The molecule has 6 nitrogen and oxygen atoms in total. The number of nitrogens with two attached hydrogens (primary N) is 1. The molecule has 3 N–H and O–H groups in total. The van der Waals surface area contributed by atoms with Crippen molar-refractivity contribution in [2.24, 2.45) is 5.90 Å². The quantitative estimate of drug-likeness (QED) is 0.401. The molecule has 0 radical (unpaired) electrons. The number of hydrogen-bond acceptors (Lipinski definition) is 5. The molecule has 0 spiro atoms. The van der Waals surface area contributed by atoms with Crippen LogP contribution < -0.4 is 16.7 Å². The summed E-state index contributed by atoms with van der Waals surface area (Å²) in [6.07, 6.45) is 2.59. The summed E-state index contributed by atoms with van der Waals surface area (Å²) < 4.78 is 1.79. The zero-order chi connectivity index (χ0) is 16.2. The van der Waals surface area contributed by atoms with Crippen LogP contribution in [0.15, 0.2) is 36.5 Å². The van der Waals surface area contributed by atoms with Gasteiger partial charge in [0.15, 0.2) is 5.65 Å². The third-order valence-electron chi connectivity index (χ3n) is 3.54. The molecule has 3 rings (SSSR count). The van der Waals surface area contributed by atoms with Gasteiger partial charge in [-0.1, -0.05) is 29.8 Å². The zero-order valence-corrected chi connectivity index (χ0v) is 13.5. The van der Waals surface area contributed by atoms with E-state index in [1.807, 2.05) is 38.2 Å². The zero-order valence-electron chi connectivity index (χ0n) is 12.8. The predicted octanol–water partition coefficient (Wildman–Crippen LogP) is 1.00. The Kier molecular flexibility index (Phi) is 4.80. The lowest BCUT2D eigenvalue weighted by Gasteiger charge is -2.11. The number of aromatic nitrogens is 3. The van der Waals surface area contributed by atoms with Crippen LogP contribution in [0.2, 0.25) is 5.02 Å². The van der Waals surface area contributed by atoms with Gasteiger partial charge >= 0.3 is 0 Å². The SMILES string of the molecule is Bc1cnn2c(NCCCON)cc(-c3ccccc3Cl)nc12. The number of rotatable bonds is 6. The molecule has 118 valence electrons. The van der Waals surface area contributed by atoms with Crippen LogP contribution in [-0.2, 0) is 4.84 Å². The maximum absolute atomic E-state index is 6.31. The van der Waals surface area contributed by atoms with E-state index in [2.05, 4.69) is 15.3 Å². The van der Waals surface area contributed by atoms with Gasteiger partial charge in [-0.3, -0.25) is 0 Å². The van der Waals surface area contributed by atoms with Gasteiger partial charge in [0.25, 0.3) is 0 Å². The second kappa shape index (κ2) is 7.00. The number of fused-ring (bicyclic) bond motifs is 1. The van der Waals surface area contributed by atoms with Gasteiger partial charge in [-0.2, -0.15) is 9.61 Å². The fourth-order valence-corrected chi connectivity index (χ4v) is 2.61. The molecule has 0 saturated heterocycles. The van der Waals surface area contributed by atoms with E-state index in [0.29, 0.717) is 11.6 Å². The van der Waals surface area contributed by atoms with Gasteiger partial charge in [0.05, 0.1) is 12.3 Å². The van der Waals surface area contributed by atoms with Gasteiger partial charge in [-0.15, -0.1) is 0 Å². The Bertz CT molecular complexity index is 823. The topological polar surface area (TPSA) is 77.5 Å². The highest BCUT2D eigenvalue weighted by molar-refractivity contribution is 6.36. The third kappa shape index (κ3) is 3.31. The Morgan fingerprint density at radius 1 is 1.35 bits per heavy atom. The lowest BCUT2D eigenvalue weighted by atomic mass is 10.0. The van der Waals surface area contributed by atoms with Crippen molar-refractivity contribution < 1.29 is 4.84 Å². The van der Waals surface area contributed by atoms with Crippen molar-refractivity contribution in [3.8, 4) is 11.3 Å². The summed E-state index contributed by atoms with van der Waals surface area (Å²) in [6.45, 7) is 1.22. The Labute approximate surface area is 140 Å². The summed E-state index contributed by atoms with van der Waals surface area (Å²) in [4.78, 5) is 9.29. The first-order valence-corrected chi connectivity index (χ1v) is 7.74. The third-order valence-corrected chi connectivity index (χ3v) is 3.87. The Hall–Kier alpha value is -2.09. The van der Waals surface area contributed by atoms with Crippen LogP contribution in [0.3, 0.4) is 0 Å². The average molecular weight is 330 g/mol. The van der Waals surface area contributed by atoms with Gasteiger partial charge in [0.2, 0.25) is 0 Å². The number of anilines is 1. The monoisotopic (exact) mass is 329 g/mol. The molecule has 0 aliphatic heterocycles. The lowest BCUT2D eigenvalue weighted by Crippen LogP contribution is -2.12.